The van der Waals surface area contributed by atoms with E-state index in [0.29, 0.717) is 29.8 Å². The van der Waals surface area contributed by atoms with E-state index >= 15 is 0 Å². The highest BCUT2D eigenvalue weighted by Gasteiger charge is 2.55. The molecule has 0 N–H and O–H groups in total. The molecule has 8 fully saturated rings. The van der Waals surface area contributed by atoms with E-state index in [1.165, 1.54) is 57.8 Å². The second-order valence-electron chi connectivity index (χ2n) is 12.2. The van der Waals surface area contributed by atoms with Crippen molar-refractivity contribution in [3.8, 4) is 0 Å². The zero-order chi connectivity index (χ0) is 19.6. The summed E-state index contributed by atoms with van der Waals surface area (Å²) in [6, 6.07) is 0. The van der Waals surface area contributed by atoms with Gasteiger partial charge in [0, 0.05) is 0 Å². The molecule has 0 amide bonds. The highest BCUT2D eigenvalue weighted by Crippen LogP contribution is 2.62. The number of ether oxygens (including phenoxy) is 2. The summed E-state index contributed by atoms with van der Waals surface area (Å²) in [6.45, 7) is 0.307. The van der Waals surface area contributed by atoms with Gasteiger partial charge in [0.05, 0.1) is 12.0 Å². The lowest BCUT2D eigenvalue weighted by Crippen LogP contribution is -2.50. The maximum atomic E-state index is 12.9. The lowest BCUT2D eigenvalue weighted by atomic mass is 9.49. The number of carbonyl (C=O) groups excluding carboxylic acids is 2. The lowest BCUT2D eigenvalue weighted by Gasteiger charge is -2.57. The van der Waals surface area contributed by atoms with Gasteiger partial charge in [-0.2, -0.15) is 0 Å². The van der Waals surface area contributed by atoms with Gasteiger partial charge in [0.15, 0.2) is 6.61 Å². The number of hydrogen-bond acceptors (Lipinski definition) is 4. The van der Waals surface area contributed by atoms with Crippen molar-refractivity contribution in [1.82, 2.24) is 0 Å². The van der Waals surface area contributed by atoms with Crippen LogP contribution in [0.2, 0.25) is 0 Å². The molecule has 0 atom stereocenters. The van der Waals surface area contributed by atoms with Crippen LogP contribution in [0, 0.1) is 46.3 Å². The van der Waals surface area contributed by atoms with E-state index in [2.05, 4.69) is 0 Å². The van der Waals surface area contributed by atoms with E-state index in [4.69, 9.17) is 9.47 Å². The fourth-order valence-corrected chi connectivity index (χ4v) is 9.66. The zero-order valence-corrected chi connectivity index (χ0v) is 17.7. The van der Waals surface area contributed by atoms with Crippen LogP contribution >= 0.6 is 0 Å². The van der Waals surface area contributed by atoms with Gasteiger partial charge in [-0.1, -0.05) is 0 Å². The molecule has 4 nitrogen and oxygen atoms in total. The molecule has 0 radical (unpaired) electrons. The molecule has 0 aliphatic heterocycles. The van der Waals surface area contributed by atoms with Gasteiger partial charge >= 0.3 is 11.9 Å². The number of carbonyl (C=O) groups is 2. The monoisotopic (exact) mass is 400 g/mol. The molecule has 8 aliphatic rings. The standard InChI is InChI=1S/C25H36O4/c26-22(28-2-1-24-9-16-3-17(10-24)5-18(4-16)11-24)15-29-23(27)25-12-19-6-20(13-25)8-21(7-19)14-25/h16-21H,1-15H2. The van der Waals surface area contributed by atoms with Crippen molar-refractivity contribution in [3.63, 3.8) is 0 Å². The zero-order valence-electron chi connectivity index (χ0n) is 17.7. The summed E-state index contributed by atoms with van der Waals surface area (Å²) in [4.78, 5) is 25.1. The van der Waals surface area contributed by atoms with Crippen molar-refractivity contribution in [2.45, 2.75) is 83.5 Å². The Hall–Kier alpha value is -1.06. The van der Waals surface area contributed by atoms with Crippen LogP contribution in [-0.4, -0.2) is 25.2 Å². The quantitative estimate of drug-likeness (QED) is 0.595. The molecular weight excluding hydrogens is 364 g/mol. The third-order valence-corrected chi connectivity index (χ3v) is 9.85. The molecule has 8 bridgehead atoms. The van der Waals surface area contributed by atoms with Crippen LogP contribution in [0.5, 0.6) is 0 Å². The molecule has 0 heterocycles. The molecular formula is C25H36O4. The molecule has 29 heavy (non-hydrogen) atoms. The van der Waals surface area contributed by atoms with Gasteiger partial charge in [-0.3, -0.25) is 4.79 Å². The van der Waals surface area contributed by atoms with Crippen LogP contribution in [-0.2, 0) is 19.1 Å². The highest BCUT2D eigenvalue weighted by molar-refractivity contribution is 5.81. The normalized spacial score (nSPS) is 48.7. The molecule has 8 aliphatic carbocycles. The van der Waals surface area contributed by atoms with Crippen molar-refractivity contribution < 1.29 is 19.1 Å². The summed E-state index contributed by atoms with van der Waals surface area (Å²) in [6.07, 6.45) is 16.2. The van der Waals surface area contributed by atoms with Crippen LogP contribution in [0.3, 0.4) is 0 Å². The van der Waals surface area contributed by atoms with Crippen molar-refractivity contribution in [1.29, 1.82) is 0 Å². The predicted octanol–water partition coefficient (Wildman–Crippen LogP) is 4.90. The molecule has 8 rings (SSSR count). The molecule has 0 spiro atoms. The maximum Gasteiger partial charge on any atom is 0.344 e. The van der Waals surface area contributed by atoms with Gasteiger partial charge in [-0.15, -0.1) is 0 Å². The SMILES string of the molecule is O=C(COC(=O)C12CC3CC(CC(C3)C1)C2)OCCC12CC3CC(CC(C3)C1)C2. The van der Waals surface area contributed by atoms with Gasteiger partial charge in [0.1, 0.15) is 0 Å². The van der Waals surface area contributed by atoms with E-state index < -0.39 is 0 Å². The van der Waals surface area contributed by atoms with Crippen molar-refractivity contribution in [2.24, 2.45) is 46.3 Å². The van der Waals surface area contributed by atoms with Gasteiger partial charge in [0.2, 0.25) is 0 Å². The molecule has 0 aromatic rings. The Morgan fingerprint density at radius 1 is 0.655 bits per heavy atom. The fraction of sp³-hybridized carbons (Fsp3) is 0.920. The maximum absolute atomic E-state index is 12.9. The van der Waals surface area contributed by atoms with Crippen LogP contribution in [0.4, 0.5) is 0 Å². The van der Waals surface area contributed by atoms with Gasteiger partial charge < -0.3 is 9.47 Å². The lowest BCUT2D eigenvalue weighted by molar-refractivity contribution is -0.177. The van der Waals surface area contributed by atoms with Crippen molar-refractivity contribution >= 4 is 11.9 Å². The number of rotatable bonds is 6. The Bertz CT molecular complexity index is 624. The van der Waals surface area contributed by atoms with Crippen LogP contribution in [0.1, 0.15) is 83.5 Å². The minimum absolute atomic E-state index is 0.116. The summed E-state index contributed by atoms with van der Waals surface area (Å²) in [5.41, 5.74) is 0.152. The second-order valence-corrected chi connectivity index (χ2v) is 12.2. The first kappa shape index (κ1) is 18.7. The average Bonchev–Trinajstić information content (AvgIpc) is 2.63. The van der Waals surface area contributed by atoms with E-state index in [1.54, 1.807) is 0 Å². The Balaban J connectivity index is 0.975. The first-order valence-electron chi connectivity index (χ1n) is 12.3. The topological polar surface area (TPSA) is 52.6 Å². The summed E-state index contributed by atoms with van der Waals surface area (Å²) in [5, 5.41) is 0. The largest absolute Gasteiger partial charge is 0.463 e. The Morgan fingerprint density at radius 2 is 1.10 bits per heavy atom. The third-order valence-electron chi connectivity index (χ3n) is 9.85. The number of hydrogen-bond donors (Lipinski definition) is 0. The molecule has 4 heteroatoms. The molecule has 0 unspecified atom stereocenters. The van der Waals surface area contributed by atoms with Crippen molar-refractivity contribution in [2.75, 3.05) is 13.2 Å². The smallest absolute Gasteiger partial charge is 0.344 e. The predicted molar refractivity (Wildman–Crippen MR) is 108 cm³/mol. The van der Waals surface area contributed by atoms with Crippen molar-refractivity contribution in [3.05, 3.63) is 0 Å². The summed E-state index contributed by atoms with van der Waals surface area (Å²) in [7, 11) is 0. The summed E-state index contributed by atoms with van der Waals surface area (Å²) in [5.74, 6) is 4.44. The van der Waals surface area contributed by atoms with Crippen LogP contribution in [0.15, 0.2) is 0 Å². The third kappa shape index (κ3) is 3.33. The average molecular weight is 401 g/mol. The van der Waals surface area contributed by atoms with Gasteiger partial charge in [-0.05, 0) is 124 Å². The van der Waals surface area contributed by atoms with Gasteiger partial charge in [0.25, 0.3) is 0 Å². The number of esters is 2. The Labute approximate surface area is 174 Å². The molecule has 0 saturated heterocycles. The molecule has 160 valence electrons. The minimum Gasteiger partial charge on any atom is -0.463 e. The Kier molecular flexibility index (Phi) is 4.33. The van der Waals surface area contributed by atoms with E-state index in [1.807, 2.05) is 0 Å². The highest BCUT2D eigenvalue weighted by atomic mass is 16.6. The summed E-state index contributed by atoms with van der Waals surface area (Å²) >= 11 is 0. The first-order valence-corrected chi connectivity index (χ1v) is 12.3. The summed E-state index contributed by atoms with van der Waals surface area (Å²) < 4.78 is 11.1. The van der Waals surface area contributed by atoms with Crippen LogP contribution < -0.4 is 0 Å². The van der Waals surface area contributed by atoms with Crippen LogP contribution in [0.25, 0.3) is 0 Å². The first-order chi connectivity index (χ1) is 14.0. The van der Waals surface area contributed by atoms with Gasteiger partial charge in [-0.25, -0.2) is 4.79 Å². The Morgan fingerprint density at radius 3 is 1.59 bits per heavy atom. The van der Waals surface area contributed by atoms with E-state index in [9.17, 15) is 9.59 Å². The minimum atomic E-state index is -0.354. The van der Waals surface area contributed by atoms with E-state index in [0.717, 1.165) is 43.4 Å². The van der Waals surface area contributed by atoms with E-state index in [-0.39, 0.29) is 24.0 Å². The molecule has 8 saturated carbocycles. The fourth-order valence-electron chi connectivity index (χ4n) is 9.66. The molecule has 0 aromatic carbocycles. The second kappa shape index (κ2) is 6.72. The molecule has 0 aromatic heterocycles.